The van der Waals surface area contributed by atoms with Crippen molar-refractivity contribution in [3.8, 4) is 6.01 Å². The quantitative estimate of drug-likeness (QED) is 0.914. The smallest absolute Gasteiger partial charge is 0.318 e. The van der Waals surface area contributed by atoms with Crippen molar-refractivity contribution in [3.63, 3.8) is 0 Å². The molecule has 1 aliphatic rings. The maximum atomic E-state index is 13.2. The minimum atomic E-state index is -0.227. The molecule has 1 aromatic heterocycles. The Hall–Kier alpha value is -2.21. The van der Waals surface area contributed by atoms with Gasteiger partial charge in [0.2, 0.25) is 0 Å². The summed E-state index contributed by atoms with van der Waals surface area (Å²) in [6.45, 7) is 6.14. The van der Waals surface area contributed by atoms with Gasteiger partial charge in [0.1, 0.15) is 11.6 Å². The van der Waals surface area contributed by atoms with Crippen LogP contribution in [-0.4, -0.2) is 42.8 Å². The van der Waals surface area contributed by atoms with Crippen LogP contribution in [0.5, 0.6) is 6.01 Å². The van der Waals surface area contributed by atoms with Crippen molar-refractivity contribution in [3.05, 3.63) is 47.4 Å². The number of aryl methyl sites for hydroxylation is 1. The first kappa shape index (κ1) is 15.7. The van der Waals surface area contributed by atoms with Crippen molar-refractivity contribution in [1.29, 1.82) is 0 Å². The average molecular weight is 316 g/mol. The largest absolute Gasteiger partial charge is 0.463 e. The molecule has 0 saturated carbocycles. The highest BCUT2D eigenvalue weighted by Crippen LogP contribution is 2.17. The van der Waals surface area contributed by atoms with Gasteiger partial charge in [-0.1, -0.05) is 12.1 Å². The highest BCUT2D eigenvalue weighted by Gasteiger charge is 2.14. The lowest BCUT2D eigenvalue weighted by atomic mass is 10.2. The van der Waals surface area contributed by atoms with Crippen LogP contribution in [0.3, 0.4) is 0 Å². The zero-order valence-corrected chi connectivity index (χ0v) is 13.3. The van der Waals surface area contributed by atoms with E-state index in [4.69, 9.17) is 4.74 Å². The van der Waals surface area contributed by atoms with Crippen LogP contribution in [0.15, 0.2) is 30.3 Å². The molecule has 3 rings (SSSR count). The number of rotatable bonds is 5. The second kappa shape index (κ2) is 7.37. The molecule has 0 bridgehead atoms. The summed E-state index contributed by atoms with van der Waals surface area (Å²) in [5.74, 6) is 0.676. The molecule has 0 aliphatic carbocycles. The summed E-state index contributed by atoms with van der Waals surface area (Å²) in [5.41, 5.74) is 1.79. The number of anilines is 1. The van der Waals surface area contributed by atoms with Crippen molar-refractivity contribution in [2.24, 2.45) is 0 Å². The molecule has 1 fully saturated rings. The van der Waals surface area contributed by atoms with Gasteiger partial charge >= 0.3 is 6.01 Å². The first-order valence-electron chi connectivity index (χ1n) is 7.89. The first-order valence-corrected chi connectivity index (χ1v) is 7.89. The van der Waals surface area contributed by atoms with E-state index >= 15 is 0 Å². The second-order valence-corrected chi connectivity index (χ2v) is 5.62. The lowest BCUT2D eigenvalue weighted by Gasteiger charge is -2.28. The topological polar surface area (TPSA) is 50.3 Å². The molecule has 0 radical (unpaired) electrons. The minimum Gasteiger partial charge on any atom is -0.463 e. The van der Waals surface area contributed by atoms with Crippen LogP contribution in [-0.2, 0) is 6.42 Å². The van der Waals surface area contributed by atoms with E-state index in [1.54, 1.807) is 6.07 Å². The summed E-state index contributed by atoms with van der Waals surface area (Å²) >= 11 is 0. The van der Waals surface area contributed by atoms with Crippen LogP contribution in [0.1, 0.15) is 11.3 Å². The molecule has 2 aromatic rings. The van der Waals surface area contributed by atoms with Crippen LogP contribution in [0.25, 0.3) is 0 Å². The maximum Gasteiger partial charge on any atom is 0.318 e. The highest BCUT2D eigenvalue weighted by atomic mass is 19.1. The Morgan fingerprint density at radius 2 is 2.04 bits per heavy atom. The third kappa shape index (κ3) is 4.39. The molecule has 6 heteroatoms. The van der Waals surface area contributed by atoms with E-state index in [1.807, 2.05) is 19.1 Å². The number of nitrogens with zero attached hydrogens (tertiary/aromatic N) is 3. The number of aromatic nitrogens is 2. The average Bonchev–Trinajstić information content (AvgIpc) is 2.55. The summed E-state index contributed by atoms with van der Waals surface area (Å²) in [6.07, 6.45) is 0.623. The maximum absolute atomic E-state index is 13.2. The van der Waals surface area contributed by atoms with E-state index in [-0.39, 0.29) is 5.82 Å². The Bertz CT molecular complexity index is 659. The highest BCUT2D eigenvalue weighted by molar-refractivity contribution is 5.41. The van der Waals surface area contributed by atoms with Gasteiger partial charge in [-0.3, -0.25) is 0 Å². The van der Waals surface area contributed by atoms with E-state index in [0.29, 0.717) is 19.0 Å². The SMILES string of the molecule is Cc1cc(N2CCNCC2)nc(OCCc2cccc(F)c2)n1. The van der Waals surface area contributed by atoms with Crippen molar-refractivity contribution in [1.82, 2.24) is 15.3 Å². The van der Waals surface area contributed by atoms with Crippen molar-refractivity contribution in [2.45, 2.75) is 13.3 Å². The molecular weight excluding hydrogens is 295 g/mol. The van der Waals surface area contributed by atoms with Gasteiger partial charge < -0.3 is 15.0 Å². The number of hydrogen-bond donors (Lipinski definition) is 1. The molecule has 5 nitrogen and oxygen atoms in total. The van der Waals surface area contributed by atoms with E-state index in [2.05, 4.69) is 20.2 Å². The van der Waals surface area contributed by atoms with Crippen LogP contribution in [0, 0.1) is 12.7 Å². The predicted molar refractivity (Wildman–Crippen MR) is 87.5 cm³/mol. The third-order valence-electron chi connectivity index (χ3n) is 3.77. The fourth-order valence-electron chi connectivity index (χ4n) is 2.60. The van der Waals surface area contributed by atoms with E-state index in [0.717, 1.165) is 43.3 Å². The van der Waals surface area contributed by atoms with Crippen molar-refractivity contribution >= 4 is 5.82 Å². The van der Waals surface area contributed by atoms with E-state index in [1.165, 1.54) is 12.1 Å². The van der Waals surface area contributed by atoms with Gasteiger partial charge in [0.25, 0.3) is 0 Å². The minimum absolute atomic E-state index is 0.227. The fraction of sp³-hybridized carbons (Fsp3) is 0.412. The summed E-state index contributed by atoms with van der Waals surface area (Å²) < 4.78 is 18.8. The summed E-state index contributed by atoms with van der Waals surface area (Å²) in [6, 6.07) is 8.91. The van der Waals surface area contributed by atoms with Crippen LogP contribution < -0.4 is 15.0 Å². The normalized spacial score (nSPS) is 14.8. The molecule has 2 heterocycles. The first-order chi connectivity index (χ1) is 11.2. The Kier molecular flexibility index (Phi) is 5.02. The number of benzene rings is 1. The number of piperazine rings is 1. The van der Waals surface area contributed by atoms with Gasteiger partial charge in [-0.25, -0.2) is 9.37 Å². The number of ether oxygens (including phenoxy) is 1. The second-order valence-electron chi connectivity index (χ2n) is 5.62. The zero-order chi connectivity index (χ0) is 16.1. The molecule has 0 spiro atoms. The van der Waals surface area contributed by atoms with E-state index < -0.39 is 0 Å². The Labute approximate surface area is 135 Å². The van der Waals surface area contributed by atoms with Crippen molar-refractivity contribution in [2.75, 3.05) is 37.7 Å². The summed E-state index contributed by atoms with van der Waals surface area (Å²) in [7, 11) is 0. The zero-order valence-electron chi connectivity index (χ0n) is 13.3. The molecule has 0 unspecified atom stereocenters. The van der Waals surface area contributed by atoms with Crippen molar-refractivity contribution < 1.29 is 9.13 Å². The monoisotopic (exact) mass is 316 g/mol. The fourth-order valence-corrected chi connectivity index (χ4v) is 2.60. The molecule has 122 valence electrons. The summed E-state index contributed by atoms with van der Waals surface area (Å²) in [5, 5.41) is 3.32. The number of hydrogen-bond acceptors (Lipinski definition) is 5. The van der Waals surface area contributed by atoms with Gasteiger partial charge in [0.05, 0.1) is 6.61 Å². The molecular formula is C17H21FN4O. The molecule has 1 saturated heterocycles. The molecule has 1 aromatic carbocycles. The number of nitrogens with one attached hydrogen (secondary N) is 1. The van der Waals surface area contributed by atoms with Gasteiger partial charge in [-0.15, -0.1) is 0 Å². The van der Waals surface area contributed by atoms with Crippen LogP contribution in [0.2, 0.25) is 0 Å². The third-order valence-corrected chi connectivity index (χ3v) is 3.77. The van der Waals surface area contributed by atoms with Crippen LogP contribution >= 0.6 is 0 Å². The Balaban J connectivity index is 1.62. The standard InChI is InChI=1S/C17H21FN4O/c1-13-11-16(22-8-6-19-7-9-22)21-17(20-13)23-10-5-14-3-2-4-15(18)12-14/h2-4,11-12,19H,5-10H2,1H3. The number of halogens is 1. The Morgan fingerprint density at radius 1 is 1.22 bits per heavy atom. The molecule has 0 amide bonds. The molecule has 23 heavy (non-hydrogen) atoms. The van der Waals surface area contributed by atoms with Gasteiger partial charge in [-0.2, -0.15) is 4.98 Å². The van der Waals surface area contributed by atoms with Gasteiger partial charge in [-0.05, 0) is 24.6 Å². The lowest BCUT2D eigenvalue weighted by Crippen LogP contribution is -2.44. The summed E-state index contributed by atoms with van der Waals surface area (Å²) in [4.78, 5) is 11.1. The molecule has 1 aliphatic heterocycles. The predicted octanol–water partition coefficient (Wildman–Crippen LogP) is 1.96. The Morgan fingerprint density at radius 3 is 2.83 bits per heavy atom. The van der Waals surface area contributed by atoms with Gasteiger partial charge in [0, 0.05) is 44.4 Å². The molecule has 1 N–H and O–H groups in total. The van der Waals surface area contributed by atoms with Gasteiger partial charge in [0.15, 0.2) is 0 Å². The van der Waals surface area contributed by atoms with Crippen LogP contribution in [0.4, 0.5) is 10.2 Å². The van der Waals surface area contributed by atoms with E-state index in [9.17, 15) is 4.39 Å². The molecule has 0 atom stereocenters. The lowest BCUT2D eigenvalue weighted by molar-refractivity contribution is 0.295.